The van der Waals surface area contributed by atoms with Gasteiger partial charge in [0.15, 0.2) is 0 Å². The van der Waals surface area contributed by atoms with E-state index in [1.54, 1.807) is 0 Å². The molecule has 0 saturated heterocycles. The van der Waals surface area contributed by atoms with E-state index in [2.05, 4.69) is 5.32 Å². The molecule has 1 amide bonds. The molecule has 0 unspecified atom stereocenters. The fourth-order valence-electron chi connectivity index (χ4n) is 1.91. The summed E-state index contributed by atoms with van der Waals surface area (Å²) in [7, 11) is 0. The van der Waals surface area contributed by atoms with E-state index in [-0.39, 0.29) is 25.1 Å². The highest BCUT2D eigenvalue weighted by atomic mass is 32.1. The summed E-state index contributed by atoms with van der Waals surface area (Å²) in [6.07, 6.45) is -3.65. The molecule has 0 aliphatic heterocycles. The van der Waals surface area contributed by atoms with Crippen molar-refractivity contribution in [1.82, 2.24) is 5.32 Å². The topological polar surface area (TPSA) is 29.1 Å². The predicted octanol–water partition coefficient (Wildman–Crippen LogP) is 3.98. The summed E-state index contributed by atoms with van der Waals surface area (Å²) in [4.78, 5) is 11.8. The first-order valence-electron chi connectivity index (χ1n) is 6.18. The summed E-state index contributed by atoms with van der Waals surface area (Å²) >= 11 is 0. The molecule has 2 nitrogen and oxygen atoms in total. The summed E-state index contributed by atoms with van der Waals surface area (Å²) in [6.45, 7) is 5.88. The van der Waals surface area contributed by atoms with Crippen molar-refractivity contribution in [3.63, 3.8) is 0 Å². The summed E-state index contributed by atoms with van der Waals surface area (Å²) < 4.78 is 37.6. The smallest absolute Gasteiger partial charge is 0.350 e. The highest BCUT2D eigenvalue weighted by Gasteiger charge is 2.30. The minimum Gasteiger partial charge on any atom is -0.350 e. The molecule has 1 aromatic carbocycles. The molecule has 0 heterocycles. The van der Waals surface area contributed by atoms with Gasteiger partial charge in [-0.3, -0.25) is 4.79 Å². The van der Waals surface area contributed by atoms with Crippen LogP contribution in [0.25, 0.3) is 0 Å². The van der Waals surface area contributed by atoms with E-state index >= 15 is 0 Å². The van der Waals surface area contributed by atoms with Crippen LogP contribution in [0.3, 0.4) is 0 Å². The zero-order valence-corrected chi connectivity index (χ0v) is 12.7. The molecule has 0 saturated carbocycles. The number of alkyl halides is 3. The molecule has 0 radical (unpaired) electrons. The van der Waals surface area contributed by atoms with Crippen molar-refractivity contribution >= 4 is 19.4 Å². The number of amides is 1. The van der Waals surface area contributed by atoms with E-state index < -0.39 is 17.6 Å². The monoisotopic (exact) mass is 307 g/mol. The van der Waals surface area contributed by atoms with Crippen LogP contribution in [0.15, 0.2) is 24.3 Å². The van der Waals surface area contributed by atoms with E-state index in [4.69, 9.17) is 0 Å². The highest BCUT2D eigenvalue weighted by Crippen LogP contribution is 2.29. The Bertz CT molecular complexity index is 446. The molecule has 0 fully saturated rings. The number of benzene rings is 1. The normalized spacial score (nSPS) is 12.8. The molecule has 20 heavy (non-hydrogen) atoms. The van der Waals surface area contributed by atoms with Crippen molar-refractivity contribution in [2.24, 2.45) is 5.92 Å². The number of carbonyl (C=O) groups excluding carboxylic acids is 1. The van der Waals surface area contributed by atoms with Gasteiger partial charge in [0.25, 0.3) is 5.91 Å². The van der Waals surface area contributed by atoms with Crippen molar-refractivity contribution in [3.8, 4) is 0 Å². The largest absolute Gasteiger partial charge is 0.416 e. The van der Waals surface area contributed by atoms with Crippen LogP contribution < -0.4 is 5.32 Å². The number of hydrogen-bond acceptors (Lipinski definition) is 1. The van der Waals surface area contributed by atoms with Crippen LogP contribution in [-0.2, 0) is 6.18 Å². The first kappa shape index (κ1) is 18.8. The van der Waals surface area contributed by atoms with E-state index in [9.17, 15) is 18.0 Å². The van der Waals surface area contributed by atoms with Gasteiger partial charge in [0.05, 0.1) is 5.56 Å². The highest BCUT2D eigenvalue weighted by molar-refractivity contribution is 7.59. The molecule has 1 aromatic rings. The van der Waals surface area contributed by atoms with Gasteiger partial charge in [-0.2, -0.15) is 26.7 Å². The zero-order chi connectivity index (χ0) is 14.6. The third-order valence-corrected chi connectivity index (χ3v) is 2.65. The lowest BCUT2D eigenvalue weighted by molar-refractivity contribution is -0.137. The minimum atomic E-state index is -4.43. The van der Waals surface area contributed by atoms with Gasteiger partial charge < -0.3 is 5.32 Å². The van der Waals surface area contributed by atoms with Gasteiger partial charge in [0.2, 0.25) is 0 Å². The average molecular weight is 307 g/mol. The van der Waals surface area contributed by atoms with Crippen LogP contribution in [0.4, 0.5) is 13.2 Å². The maximum atomic E-state index is 12.5. The van der Waals surface area contributed by atoms with Crippen LogP contribution in [-0.4, -0.2) is 11.9 Å². The summed E-state index contributed by atoms with van der Waals surface area (Å²) in [6, 6.07) is 4.38. The fourth-order valence-corrected chi connectivity index (χ4v) is 1.91. The summed E-state index contributed by atoms with van der Waals surface area (Å²) in [5.74, 6) is -0.0592. The van der Waals surface area contributed by atoms with Gasteiger partial charge >= 0.3 is 6.18 Å². The Morgan fingerprint density at radius 3 is 2.35 bits per heavy atom. The molecular formula is C14H20F3NOS. The Kier molecular flexibility index (Phi) is 7.13. The van der Waals surface area contributed by atoms with Crippen LogP contribution in [0.1, 0.15) is 43.1 Å². The number of halogens is 3. The van der Waals surface area contributed by atoms with Crippen molar-refractivity contribution in [1.29, 1.82) is 0 Å². The second-order valence-electron chi connectivity index (χ2n) is 5.08. The van der Waals surface area contributed by atoms with Gasteiger partial charge in [-0.25, -0.2) is 0 Å². The number of carbonyl (C=O) groups is 1. The molecule has 0 aliphatic rings. The molecule has 0 spiro atoms. The molecule has 0 aromatic heterocycles. The number of hydrogen-bond donors (Lipinski definition) is 1. The second kappa shape index (κ2) is 7.57. The molecule has 1 rings (SSSR count). The maximum absolute atomic E-state index is 12.5. The quantitative estimate of drug-likeness (QED) is 0.895. The van der Waals surface area contributed by atoms with E-state index in [0.29, 0.717) is 5.92 Å². The molecule has 1 atom stereocenters. The molecule has 0 aliphatic carbocycles. The lowest BCUT2D eigenvalue weighted by Gasteiger charge is -2.16. The molecular weight excluding hydrogens is 287 g/mol. The van der Waals surface area contributed by atoms with E-state index in [0.717, 1.165) is 18.6 Å². The SMILES string of the molecule is CC(C)C[C@H](C)NC(=O)c1cccc(C(F)(F)F)c1.S. The number of rotatable bonds is 4. The molecule has 114 valence electrons. The number of nitrogens with one attached hydrogen (secondary N) is 1. The first-order chi connectivity index (χ1) is 8.70. The van der Waals surface area contributed by atoms with E-state index in [1.165, 1.54) is 12.1 Å². The Labute approximate surface area is 124 Å². The zero-order valence-electron chi connectivity index (χ0n) is 11.7. The Morgan fingerprint density at radius 1 is 1.25 bits per heavy atom. The predicted molar refractivity (Wildman–Crippen MR) is 78.2 cm³/mol. The van der Waals surface area contributed by atoms with Gasteiger partial charge in [-0.15, -0.1) is 0 Å². The summed E-state index contributed by atoms with van der Waals surface area (Å²) in [5, 5.41) is 2.70. The molecule has 0 bridgehead atoms. The average Bonchev–Trinajstić information content (AvgIpc) is 2.26. The summed E-state index contributed by atoms with van der Waals surface area (Å²) in [5.41, 5.74) is -0.776. The third-order valence-electron chi connectivity index (χ3n) is 2.65. The van der Waals surface area contributed by atoms with Crippen LogP contribution >= 0.6 is 13.5 Å². The second-order valence-corrected chi connectivity index (χ2v) is 5.08. The van der Waals surface area contributed by atoms with Crippen molar-refractivity contribution < 1.29 is 18.0 Å². The lowest BCUT2D eigenvalue weighted by Crippen LogP contribution is -2.33. The van der Waals surface area contributed by atoms with Gasteiger partial charge in [0, 0.05) is 11.6 Å². The molecule has 6 heteroatoms. The van der Waals surface area contributed by atoms with Gasteiger partial charge in [-0.05, 0) is 37.5 Å². The first-order valence-corrected chi connectivity index (χ1v) is 6.18. The van der Waals surface area contributed by atoms with Gasteiger partial charge in [0.1, 0.15) is 0 Å². The van der Waals surface area contributed by atoms with Crippen molar-refractivity contribution in [3.05, 3.63) is 35.4 Å². The van der Waals surface area contributed by atoms with Crippen LogP contribution in [0, 0.1) is 5.92 Å². The lowest BCUT2D eigenvalue weighted by atomic mass is 10.0. The standard InChI is InChI=1S/C14H18F3NO.H2S/c1-9(2)7-10(3)18-13(19)11-5-4-6-12(8-11)14(15,16)17;/h4-6,8-10H,7H2,1-3H3,(H,18,19);1H2/t10-;/m0./s1. The Hall–Kier alpha value is -1.17. The Balaban J connectivity index is 0.00000361. The maximum Gasteiger partial charge on any atom is 0.416 e. The van der Waals surface area contributed by atoms with E-state index in [1.807, 2.05) is 20.8 Å². The Morgan fingerprint density at radius 2 is 1.85 bits per heavy atom. The fraction of sp³-hybridized carbons (Fsp3) is 0.500. The third kappa shape index (κ3) is 5.86. The van der Waals surface area contributed by atoms with Crippen molar-refractivity contribution in [2.45, 2.75) is 39.4 Å². The minimum absolute atomic E-state index is 0. The van der Waals surface area contributed by atoms with Crippen molar-refractivity contribution in [2.75, 3.05) is 0 Å². The van der Waals surface area contributed by atoms with Gasteiger partial charge in [-0.1, -0.05) is 19.9 Å². The van der Waals surface area contributed by atoms with Crippen LogP contribution in [0.2, 0.25) is 0 Å². The van der Waals surface area contributed by atoms with Crippen LogP contribution in [0.5, 0.6) is 0 Å². The molecule has 1 N–H and O–H groups in total.